The van der Waals surface area contributed by atoms with Crippen LogP contribution in [0.15, 0.2) is 36.7 Å². The van der Waals surface area contributed by atoms with Crippen molar-refractivity contribution in [2.24, 2.45) is 0 Å². The van der Waals surface area contributed by atoms with E-state index in [-0.39, 0.29) is 12.5 Å². The number of fused-ring (bicyclic) bond motifs is 4. The maximum absolute atomic E-state index is 13.2. The topological polar surface area (TPSA) is 102 Å². The van der Waals surface area contributed by atoms with Gasteiger partial charge in [-0.1, -0.05) is 12.5 Å². The fraction of sp³-hybridized carbons (Fsp3) is 0.464. The molecule has 1 atom stereocenters. The summed E-state index contributed by atoms with van der Waals surface area (Å²) in [6, 6.07) is 8.80. The molecule has 0 radical (unpaired) electrons. The maximum atomic E-state index is 13.2. The Bertz CT molecular complexity index is 1430. The van der Waals surface area contributed by atoms with E-state index in [9.17, 15) is 13.6 Å². The van der Waals surface area contributed by atoms with Crippen LogP contribution in [-0.4, -0.2) is 69.8 Å². The van der Waals surface area contributed by atoms with Crippen molar-refractivity contribution < 1.29 is 13.6 Å². The van der Waals surface area contributed by atoms with Crippen molar-refractivity contribution in [3.8, 4) is 11.1 Å². The van der Waals surface area contributed by atoms with Crippen molar-refractivity contribution in [3.05, 3.63) is 47.8 Å². The van der Waals surface area contributed by atoms with Gasteiger partial charge in [-0.05, 0) is 63.5 Å². The van der Waals surface area contributed by atoms with Gasteiger partial charge in [0.15, 0.2) is 0 Å². The Balaban J connectivity index is 1.39. The number of carbonyl (C=O) groups is 1. The SMILES string of the molecule is CN1C(=O)C2(CCC2)c2c1cnc1ccc(-c3cnc(N4CCC(N(C)C)CC4)c(CNS(=O)O)c3)cc21. The van der Waals surface area contributed by atoms with Crippen molar-refractivity contribution in [1.29, 1.82) is 0 Å². The number of nitrogens with one attached hydrogen (secondary N) is 1. The average molecular weight is 535 g/mol. The van der Waals surface area contributed by atoms with Gasteiger partial charge in [-0.3, -0.25) is 14.3 Å². The fourth-order valence-corrected chi connectivity index (χ4v) is 6.74. The van der Waals surface area contributed by atoms with Gasteiger partial charge in [0.05, 0.1) is 22.8 Å². The van der Waals surface area contributed by atoms with Gasteiger partial charge < -0.3 is 14.7 Å². The van der Waals surface area contributed by atoms with Gasteiger partial charge in [-0.2, -0.15) is 0 Å². The number of pyridine rings is 2. The van der Waals surface area contributed by atoms with E-state index in [1.54, 1.807) is 4.90 Å². The number of piperidine rings is 1. The van der Waals surface area contributed by atoms with Crippen molar-refractivity contribution in [2.45, 2.75) is 50.1 Å². The molecule has 200 valence electrons. The molecule has 2 fully saturated rings. The lowest BCUT2D eigenvalue weighted by molar-refractivity contribution is -0.125. The maximum Gasteiger partial charge on any atom is 0.237 e. The summed E-state index contributed by atoms with van der Waals surface area (Å²) in [5.74, 6) is 1.03. The van der Waals surface area contributed by atoms with Crippen molar-refractivity contribution in [1.82, 2.24) is 19.6 Å². The molecule has 6 rings (SSSR count). The highest BCUT2D eigenvalue weighted by Crippen LogP contribution is 2.55. The molecule has 2 aromatic heterocycles. The predicted octanol–water partition coefficient (Wildman–Crippen LogP) is 3.45. The Labute approximate surface area is 225 Å². The van der Waals surface area contributed by atoms with E-state index in [1.165, 1.54) is 0 Å². The Morgan fingerprint density at radius 3 is 2.55 bits per heavy atom. The molecular weight excluding hydrogens is 500 g/mol. The standard InChI is InChI=1S/C28H34N6O3S/c1-32(2)21-7-11-34(12-8-21)26-20(16-31-38(36)37)13-19(15-30-26)18-5-6-23-22(14-18)25-24(17-29-23)33(3)27(35)28(25)9-4-10-28/h5-6,13-15,17,21,31H,4,7-12,16H2,1-3H3,(H,36,37). The molecule has 2 N–H and O–H groups in total. The molecule has 1 aliphatic carbocycles. The van der Waals surface area contributed by atoms with Crippen LogP contribution in [0.25, 0.3) is 22.0 Å². The summed E-state index contributed by atoms with van der Waals surface area (Å²) in [7, 11) is 6.09. The number of anilines is 2. The molecular formula is C28H34N6O3S. The van der Waals surface area contributed by atoms with Gasteiger partial charge in [-0.15, -0.1) is 0 Å². The van der Waals surface area contributed by atoms with Crippen molar-refractivity contribution in [3.63, 3.8) is 0 Å². The predicted molar refractivity (Wildman–Crippen MR) is 150 cm³/mol. The number of nitrogens with zero attached hydrogens (tertiary/aromatic N) is 5. The number of amides is 1. The first-order chi connectivity index (χ1) is 18.3. The lowest BCUT2D eigenvalue weighted by atomic mass is 9.64. The van der Waals surface area contributed by atoms with Crippen LogP contribution in [0.1, 0.15) is 43.2 Å². The molecule has 1 amide bonds. The van der Waals surface area contributed by atoms with E-state index in [1.807, 2.05) is 31.6 Å². The molecule has 3 aliphatic rings. The first-order valence-corrected chi connectivity index (χ1v) is 14.4. The lowest BCUT2D eigenvalue weighted by Gasteiger charge is -2.37. The quantitative estimate of drug-likeness (QED) is 0.467. The molecule has 1 saturated heterocycles. The third kappa shape index (κ3) is 4.10. The summed E-state index contributed by atoms with van der Waals surface area (Å²) in [4.78, 5) is 29.1. The smallest absolute Gasteiger partial charge is 0.237 e. The minimum Gasteiger partial charge on any atom is -0.356 e. The molecule has 0 bridgehead atoms. The second kappa shape index (κ2) is 9.68. The van der Waals surface area contributed by atoms with Crippen LogP contribution in [0.3, 0.4) is 0 Å². The first kappa shape index (κ1) is 25.4. The van der Waals surface area contributed by atoms with Crippen LogP contribution < -0.4 is 14.5 Å². The van der Waals surface area contributed by atoms with Gasteiger partial charge >= 0.3 is 0 Å². The van der Waals surface area contributed by atoms with E-state index < -0.39 is 16.7 Å². The zero-order valence-electron chi connectivity index (χ0n) is 22.1. The lowest BCUT2D eigenvalue weighted by Crippen LogP contribution is -2.43. The van der Waals surface area contributed by atoms with Gasteiger partial charge in [0.25, 0.3) is 0 Å². The van der Waals surface area contributed by atoms with Crippen LogP contribution >= 0.6 is 0 Å². The van der Waals surface area contributed by atoms with Gasteiger partial charge in [0.2, 0.25) is 17.2 Å². The normalized spacial score (nSPS) is 19.9. The molecule has 9 nitrogen and oxygen atoms in total. The summed E-state index contributed by atoms with van der Waals surface area (Å²) in [6.45, 7) is 2.02. The molecule has 1 saturated carbocycles. The number of hydrogen-bond acceptors (Lipinski definition) is 6. The second-order valence-corrected chi connectivity index (χ2v) is 11.8. The summed E-state index contributed by atoms with van der Waals surface area (Å²) < 4.78 is 23.5. The van der Waals surface area contributed by atoms with Crippen molar-refractivity contribution in [2.75, 3.05) is 44.0 Å². The summed E-state index contributed by atoms with van der Waals surface area (Å²) in [5.41, 5.74) is 5.27. The molecule has 38 heavy (non-hydrogen) atoms. The Kier molecular flexibility index (Phi) is 6.46. The average Bonchev–Trinajstić information content (AvgIpc) is 3.14. The second-order valence-electron chi connectivity index (χ2n) is 11.0. The minimum absolute atomic E-state index is 0.174. The largest absolute Gasteiger partial charge is 0.356 e. The van der Waals surface area contributed by atoms with E-state index >= 15 is 0 Å². The van der Waals surface area contributed by atoms with Crippen LogP contribution in [0.4, 0.5) is 11.5 Å². The Morgan fingerprint density at radius 2 is 1.89 bits per heavy atom. The highest BCUT2D eigenvalue weighted by atomic mass is 32.2. The summed E-state index contributed by atoms with van der Waals surface area (Å²) >= 11 is -2.12. The third-order valence-electron chi connectivity index (χ3n) is 8.77. The number of hydrogen-bond donors (Lipinski definition) is 2. The molecule has 1 spiro atoms. The zero-order chi connectivity index (χ0) is 26.6. The van der Waals surface area contributed by atoms with E-state index in [4.69, 9.17) is 4.98 Å². The van der Waals surface area contributed by atoms with Crippen LogP contribution in [-0.2, 0) is 28.0 Å². The first-order valence-electron chi connectivity index (χ1n) is 13.2. The number of carbonyl (C=O) groups excluding carboxylic acids is 1. The molecule has 1 aromatic carbocycles. The summed E-state index contributed by atoms with van der Waals surface area (Å²) in [6.07, 6.45) is 8.63. The monoisotopic (exact) mass is 534 g/mol. The number of aromatic nitrogens is 2. The molecule has 1 unspecified atom stereocenters. The number of benzene rings is 1. The Hall–Kier alpha value is -2.92. The van der Waals surface area contributed by atoms with E-state index in [0.717, 1.165) is 89.9 Å². The van der Waals surface area contributed by atoms with Crippen LogP contribution in [0.2, 0.25) is 0 Å². The molecule has 3 aromatic rings. The highest BCUT2D eigenvalue weighted by Gasteiger charge is 2.54. The molecule has 2 aliphatic heterocycles. The number of rotatable bonds is 6. The minimum atomic E-state index is -2.12. The van der Waals surface area contributed by atoms with Gasteiger partial charge in [0.1, 0.15) is 5.82 Å². The third-order valence-corrected chi connectivity index (χ3v) is 9.16. The molecule has 4 heterocycles. The van der Waals surface area contributed by atoms with Gasteiger partial charge in [0, 0.05) is 61.0 Å². The fourth-order valence-electron chi connectivity index (χ4n) is 6.46. The zero-order valence-corrected chi connectivity index (χ0v) is 22.9. The Morgan fingerprint density at radius 1 is 1.13 bits per heavy atom. The summed E-state index contributed by atoms with van der Waals surface area (Å²) in [5, 5.41) is 1.02. The molecule has 10 heteroatoms. The van der Waals surface area contributed by atoms with E-state index in [2.05, 4.69) is 45.7 Å². The van der Waals surface area contributed by atoms with Gasteiger partial charge in [-0.25, -0.2) is 13.9 Å². The van der Waals surface area contributed by atoms with E-state index in [0.29, 0.717) is 6.04 Å². The number of likely N-dealkylation sites (N-methyl/N-ethyl adjacent to an activating group) is 1. The highest BCUT2D eigenvalue weighted by molar-refractivity contribution is 7.77. The van der Waals surface area contributed by atoms with Crippen LogP contribution in [0, 0.1) is 0 Å². The van der Waals surface area contributed by atoms with Crippen LogP contribution in [0.5, 0.6) is 0 Å². The van der Waals surface area contributed by atoms with Crippen molar-refractivity contribution >= 4 is 39.6 Å².